The van der Waals surface area contributed by atoms with Gasteiger partial charge in [0.25, 0.3) is 0 Å². The second kappa shape index (κ2) is 5.29. The third kappa shape index (κ3) is 3.48. The minimum Gasteiger partial charge on any atom is -0.324 e. The van der Waals surface area contributed by atoms with E-state index in [2.05, 4.69) is 5.43 Å². The molecule has 6 heteroatoms. The van der Waals surface area contributed by atoms with E-state index in [9.17, 15) is 8.42 Å². The molecule has 1 aromatic carbocycles. The van der Waals surface area contributed by atoms with Gasteiger partial charge in [0.15, 0.2) is 9.84 Å². The second-order valence-electron chi connectivity index (χ2n) is 3.79. The standard InChI is InChI=1S/C10H17N3O2S/c1-13(2)7-8-16(14,15)10-5-3-9(12-11)4-6-10/h3-6,12H,7-8,11H2,1-2H3. The van der Waals surface area contributed by atoms with Crippen LogP contribution < -0.4 is 11.3 Å². The van der Waals surface area contributed by atoms with Crippen LogP contribution in [0, 0.1) is 0 Å². The molecule has 1 rings (SSSR count). The highest BCUT2D eigenvalue weighted by atomic mass is 32.2. The first kappa shape index (κ1) is 13.0. The molecule has 16 heavy (non-hydrogen) atoms. The van der Waals surface area contributed by atoms with E-state index < -0.39 is 9.84 Å². The van der Waals surface area contributed by atoms with Gasteiger partial charge in [0.05, 0.1) is 10.6 Å². The van der Waals surface area contributed by atoms with Crippen LogP contribution in [0.4, 0.5) is 5.69 Å². The molecule has 0 amide bonds. The molecule has 0 aliphatic carbocycles. The highest BCUT2D eigenvalue weighted by Gasteiger charge is 2.14. The predicted octanol–water partition coefficient (Wildman–Crippen LogP) is 0.308. The summed E-state index contributed by atoms with van der Waals surface area (Å²) in [7, 11) is 0.498. The largest absolute Gasteiger partial charge is 0.324 e. The Morgan fingerprint density at radius 3 is 2.25 bits per heavy atom. The first-order valence-corrected chi connectivity index (χ1v) is 6.55. The van der Waals surface area contributed by atoms with Gasteiger partial charge in [-0.25, -0.2) is 8.42 Å². The van der Waals surface area contributed by atoms with Crippen molar-refractivity contribution in [3.05, 3.63) is 24.3 Å². The lowest BCUT2D eigenvalue weighted by atomic mass is 10.3. The lowest BCUT2D eigenvalue weighted by molar-refractivity contribution is 0.432. The van der Waals surface area contributed by atoms with Crippen LogP contribution in [0.5, 0.6) is 0 Å². The molecule has 0 aliphatic rings. The van der Waals surface area contributed by atoms with Crippen molar-refractivity contribution < 1.29 is 8.42 Å². The fourth-order valence-corrected chi connectivity index (χ4v) is 2.57. The summed E-state index contributed by atoms with van der Waals surface area (Å²) in [5.74, 6) is 5.32. The highest BCUT2D eigenvalue weighted by Crippen LogP contribution is 2.14. The van der Waals surface area contributed by atoms with Crippen LogP contribution in [0.25, 0.3) is 0 Å². The number of hydrogen-bond donors (Lipinski definition) is 2. The Morgan fingerprint density at radius 2 is 1.81 bits per heavy atom. The summed E-state index contributed by atoms with van der Waals surface area (Å²) in [5.41, 5.74) is 3.14. The van der Waals surface area contributed by atoms with Crippen LogP contribution in [-0.4, -0.2) is 39.7 Å². The Bertz CT molecular complexity index is 426. The first-order valence-electron chi connectivity index (χ1n) is 4.90. The molecular formula is C10H17N3O2S. The summed E-state index contributed by atoms with van der Waals surface area (Å²) in [6.07, 6.45) is 0. The van der Waals surface area contributed by atoms with Crippen molar-refractivity contribution in [2.75, 3.05) is 31.8 Å². The molecule has 0 fully saturated rings. The van der Waals surface area contributed by atoms with E-state index in [0.29, 0.717) is 17.1 Å². The molecule has 0 spiro atoms. The second-order valence-corrected chi connectivity index (χ2v) is 5.90. The molecule has 0 bridgehead atoms. The van der Waals surface area contributed by atoms with Gasteiger partial charge in [0.2, 0.25) is 0 Å². The van der Waals surface area contributed by atoms with Crippen molar-refractivity contribution in [2.24, 2.45) is 5.84 Å². The number of benzene rings is 1. The quantitative estimate of drug-likeness (QED) is 0.575. The minimum absolute atomic E-state index is 0.120. The molecule has 1 aromatic rings. The van der Waals surface area contributed by atoms with Crippen molar-refractivity contribution in [2.45, 2.75) is 4.90 Å². The number of nitrogens with zero attached hydrogens (tertiary/aromatic N) is 1. The smallest absolute Gasteiger partial charge is 0.179 e. The van der Waals surface area contributed by atoms with Crippen LogP contribution >= 0.6 is 0 Å². The van der Waals surface area contributed by atoms with Crippen molar-refractivity contribution in [1.29, 1.82) is 0 Å². The van der Waals surface area contributed by atoms with Gasteiger partial charge in [-0.1, -0.05) is 0 Å². The van der Waals surface area contributed by atoms with Gasteiger partial charge in [-0.15, -0.1) is 0 Å². The number of rotatable bonds is 5. The SMILES string of the molecule is CN(C)CCS(=O)(=O)c1ccc(NN)cc1. The Balaban J connectivity index is 2.82. The third-order valence-corrected chi connectivity index (χ3v) is 3.90. The molecule has 90 valence electrons. The van der Waals surface area contributed by atoms with Crippen LogP contribution in [0.1, 0.15) is 0 Å². The van der Waals surface area contributed by atoms with E-state index in [4.69, 9.17) is 5.84 Å². The number of nitrogens with one attached hydrogen (secondary N) is 1. The van der Waals surface area contributed by atoms with E-state index in [1.54, 1.807) is 24.3 Å². The number of nitrogens with two attached hydrogens (primary N) is 1. The molecule has 0 saturated carbocycles. The fourth-order valence-electron chi connectivity index (χ4n) is 1.18. The molecule has 0 aromatic heterocycles. The van der Waals surface area contributed by atoms with Crippen LogP contribution in [0.2, 0.25) is 0 Å². The molecule has 0 heterocycles. The predicted molar refractivity (Wildman–Crippen MR) is 64.9 cm³/mol. The zero-order chi connectivity index (χ0) is 12.2. The first-order chi connectivity index (χ1) is 7.45. The number of sulfone groups is 1. The number of hydrogen-bond acceptors (Lipinski definition) is 5. The van der Waals surface area contributed by atoms with Gasteiger partial charge in [0.1, 0.15) is 0 Å². The molecule has 0 unspecified atom stereocenters. The number of nitrogen functional groups attached to an aromatic ring is 1. The van der Waals surface area contributed by atoms with Gasteiger partial charge >= 0.3 is 0 Å². The average molecular weight is 243 g/mol. The summed E-state index contributed by atoms with van der Waals surface area (Å²) < 4.78 is 23.7. The Morgan fingerprint density at radius 1 is 1.25 bits per heavy atom. The average Bonchev–Trinajstić information content (AvgIpc) is 2.27. The van der Waals surface area contributed by atoms with E-state index in [1.807, 2.05) is 19.0 Å². The molecule has 5 nitrogen and oxygen atoms in total. The van der Waals surface area contributed by atoms with Gasteiger partial charge in [-0.3, -0.25) is 5.84 Å². The van der Waals surface area contributed by atoms with Gasteiger partial charge in [-0.2, -0.15) is 0 Å². The zero-order valence-electron chi connectivity index (χ0n) is 9.47. The molecule has 0 radical (unpaired) electrons. The summed E-state index contributed by atoms with van der Waals surface area (Å²) >= 11 is 0. The summed E-state index contributed by atoms with van der Waals surface area (Å²) in [4.78, 5) is 2.17. The molecular weight excluding hydrogens is 226 g/mol. The molecule has 0 atom stereocenters. The zero-order valence-corrected chi connectivity index (χ0v) is 10.3. The lowest BCUT2D eigenvalue weighted by Crippen LogP contribution is -2.22. The van der Waals surface area contributed by atoms with E-state index in [0.717, 1.165) is 0 Å². The monoisotopic (exact) mass is 243 g/mol. The summed E-state index contributed by atoms with van der Waals surface area (Å²) in [5, 5.41) is 0. The van der Waals surface area contributed by atoms with Crippen LogP contribution in [0.15, 0.2) is 29.2 Å². The third-order valence-electron chi connectivity index (χ3n) is 2.19. The van der Waals surface area contributed by atoms with E-state index in [1.165, 1.54) is 0 Å². The lowest BCUT2D eigenvalue weighted by Gasteiger charge is -2.10. The topological polar surface area (TPSA) is 75.4 Å². The molecule has 0 saturated heterocycles. The Hall–Kier alpha value is -1.11. The van der Waals surface area contributed by atoms with Crippen molar-refractivity contribution in [3.8, 4) is 0 Å². The van der Waals surface area contributed by atoms with Crippen molar-refractivity contribution >= 4 is 15.5 Å². The maximum Gasteiger partial charge on any atom is 0.179 e. The Labute approximate surface area is 96.1 Å². The van der Waals surface area contributed by atoms with E-state index >= 15 is 0 Å². The number of hydrazine groups is 1. The fraction of sp³-hybridized carbons (Fsp3) is 0.400. The Kier molecular flexibility index (Phi) is 4.28. The maximum absolute atomic E-state index is 11.9. The van der Waals surface area contributed by atoms with Gasteiger partial charge < -0.3 is 10.3 Å². The molecule has 0 aliphatic heterocycles. The summed E-state index contributed by atoms with van der Waals surface area (Å²) in [6, 6.07) is 6.39. The van der Waals surface area contributed by atoms with E-state index in [-0.39, 0.29) is 5.75 Å². The highest BCUT2D eigenvalue weighted by molar-refractivity contribution is 7.91. The maximum atomic E-state index is 11.9. The minimum atomic E-state index is -3.19. The van der Waals surface area contributed by atoms with Crippen molar-refractivity contribution in [3.63, 3.8) is 0 Å². The van der Waals surface area contributed by atoms with Gasteiger partial charge in [0, 0.05) is 12.2 Å². The van der Waals surface area contributed by atoms with Crippen LogP contribution in [0.3, 0.4) is 0 Å². The number of anilines is 1. The normalized spacial score (nSPS) is 11.8. The van der Waals surface area contributed by atoms with Crippen LogP contribution in [-0.2, 0) is 9.84 Å². The van der Waals surface area contributed by atoms with Crippen molar-refractivity contribution in [1.82, 2.24) is 4.90 Å². The summed E-state index contributed by atoms with van der Waals surface area (Å²) in [6.45, 7) is 0.513. The van der Waals surface area contributed by atoms with Gasteiger partial charge in [-0.05, 0) is 38.4 Å². The molecule has 3 N–H and O–H groups in total.